The van der Waals surface area contributed by atoms with E-state index in [0.717, 1.165) is 32.7 Å². The Hall–Kier alpha value is -1.10. The van der Waals surface area contributed by atoms with Gasteiger partial charge in [-0.3, -0.25) is 0 Å². The molecule has 2 atom stereocenters. The lowest BCUT2D eigenvalue weighted by Gasteiger charge is -2.27. The van der Waals surface area contributed by atoms with Gasteiger partial charge in [0.2, 0.25) is 0 Å². The zero-order valence-corrected chi connectivity index (χ0v) is 10.6. The molecular weight excluding hydrogens is 214 g/mol. The van der Waals surface area contributed by atoms with Crippen LogP contribution < -0.4 is 0 Å². The van der Waals surface area contributed by atoms with Crippen molar-refractivity contribution in [3.63, 3.8) is 0 Å². The van der Waals surface area contributed by atoms with Crippen molar-refractivity contribution in [3.05, 3.63) is 0 Å². The fraction of sp³-hybridized carbons (Fsp3) is 0.846. The van der Waals surface area contributed by atoms with Crippen molar-refractivity contribution in [2.75, 3.05) is 33.4 Å². The fourth-order valence-corrected chi connectivity index (χ4v) is 2.28. The standard InChI is InChI=1S/C13H21N3O/c1-16(9-12(8-15)4-2-6-14)10-13-5-3-7-17-11-13/h12-13H,2-5,7,9-11H2,1H3/t12-,13+/m0/s1. The molecule has 0 aromatic heterocycles. The van der Waals surface area contributed by atoms with E-state index in [-0.39, 0.29) is 5.92 Å². The molecule has 0 aromatic rings. The first-order valence-corrected chi connectivity index (χ1v) is 6.29. The maximum Gasteiger partial charge on any atom is 0.0669 e. The molecule has 0 N–H and O–H groups in total. The number of nitrogens with zero attached hydrogens (tertiary/aromatic N) is 3. The first-order valence-electron chi connectivity index (χ1n) is 6.29. The maximum absolute atomic E-state index is 9.00. The van der Waals surface area contributed by atoms with Gasteiger partial charge in [-0.1, -0.05) is 0 Å². The van der Waals surface area contributed by atoms with Gasteiger partial charge in [-0.05, 0) is 32.2 Å². The SMILES string of the molecule is CN(C[C@H](C#N)CCC#N)C[C@H]1CCCOC1. The molecule has 17 heavy (non-hydrogen) atoms. The second-order valence-corrected chi connectivity index (χ2v) is 4.83. The van der Waals surface area contributed by atoms with Crippen LogP contribution in [0.4, 0.5) is 0 Å². The molecule has 0 aliphatic carbocycles. The van der Waals surface area contributed by atoms with Crippen LogP contribution in [0.15, 0.2) is 0 Å². The van der Waals surface area contributed by atoms with Gasteiger partial charge in [-0.2, -0.15) is 10.5 Å². The average Bonchev–Trinajstić information content (AvgIpc) is 2.35. The lowest BCUT2D eigenvalue weighted by molar-refractivity contribution is 0.0409. The highest BCUT2D eigenvalue weighted by Crippen LogP contribution is 2.15. The molecular formula is C13H21N3O. The Morgan fingerprint density at radius 2 is 2.29 bits per heavy atom. The molecule has 1 saturated heterocycles. The van der Waals surface area contributed by atoms with Crippen LogP contribution in [0.2, 0.25) is 0 Å². The summed E-state index contributed by atoms with van der Waals surface area (Å²) in [5.74, 6) is 0.577. The van der Waals surface area contributed by atoms with Crippen LogP contribution in [0, 0.1) is 34.5 Å². The normalized spacial score (nSPS) is 21.8. The molecule has 1 aliphatic heterocycles. The van der Waals surface area contributed by atoms with Crippen LogP contribution in [0.1, 0.15) is 25.7 Å². The molecule has 0 saturated carbocycles. The number of hydrogen-bond acceptors (Lipinski definition) is 4. The Morgan fingerprint density at radius 1 is 1.47 bits per heavy atom. The van der Waals surface area contributed by atoms with E-state index in [1.165, 1.54) is 6.42 Å². The first kappa shape index (κ1) is 14.0. The summed E-state index contributed by atoms with van der Waals surface area (Å²) in [5.41, 5.74) is 0. The lowest BCUT2D eigenvalue weighted by atomic mass is 10.0. The van der Waals surface area contributed by atoms with Crippen molar-refractivity contribution in [1.82, 2.24) is 4.90 Å². The molecule has 0 aromatic carbocycles. The third-order valence-corrected chi connectivity index (χ3v) is 3.14. The van der Waals surface area contributed by atoms with Gasteiger partial charge in [0, 0.05) is 26.1 Å². The Balaban J connectivity index is 2.24. The summed E-state index contributed by atoms with van der Waals surface area (Å²) in [6.07, 6.45) is 3.52. The molecule has 0 amide bonds. The largest absolute Gasteiger partial charge is 0.381 e. The molecule has 1 aliphatic rings. The predicted octanol–water partition coefficient (Wildman–Crippen LogP) is 1.79. The van der Waals surface area contributed by atoms with E-state index in [1.807, 2.05) is 7.05 Å². The third-order valence-electron chi connectivity index (χ3n) is 3.14. The summed E-state index contributed by atoms with van der Waals surface area (Å²) in [6.45, 7) is 3.49. The van der Waals surface area contributed by atoms with E-state index in [9.17, 15) is 0 Å². The number of rotatable bonds is 6. The summed E-state index contributed by atoms with van der Waals surface area (Å²) >= 11 is 0. The molecule has 0 unspecified atom stereocenters. The monoisotopic (exact) mass is 235 g/mol. The number of ether oxygens (including phenoxy) is 1. The van der Waals surface area contributed by atoms with Crippen molar-refractivity contribution >= 4 is 0 Å². The molecule has 4 heteroatoms. The number of nitriles is 2. The minimum absolute atomic E-state index is 0.0239. The first-order chi connectivity index (χ1) is 8.26. The quantitative estimate of drug-likeness (QED) is 0.704. The Bertz CT molecular complexity index is 286. The highest BCUT2D eigenvalue weighted by Gasteiger charge is 2.18. The molecule has 0 bridgehead atoms. The van der Waals surface area contributed by atoms with Crippen molar-refractivity contribution in [3.8, 4) is 12.1 Å². The van der Waals surface area contributed by atoms with E-state index in [0.29, 0.717) is 18.8 Å². The topological polar surface area (TPSA) is 60.0 Å². The zero-order valence-electron chi connectivity index (χ0n) is 10.6. The van der Waals surface area contributed by atoms with Crippen LogP contribution in [-0.4, -0.2) is 38.3 Å². The summed E-state index contributed by atoms with van der Waals surface area (Å²) in [7, 11) is 2.05. The van der Waals surface area contributed by atoms with Gasteiger partial charge in [0.15, 0.2) is 0 Å². The van der Waals surface area contributed by atoms with E-state index < -0.39 is 0 Å². The second kappa shape index (κ2) is 8.06. The highest BCUT2D eigenvalue weighted by atomic mass is 16.5. The van der Waals surface area contributed by atoms with Crippen molar-refractivity contribution in [2.45, 2.75) is 25.7 Å². The van der Waals surface area contributed by atoms with Gasteiger partial charge in [0.1, 0.15) is 0 Å². The lowest BCUT2D eigenvalue weighted by Crippen LogP contribution is -2.33. The van der Waals surface area contributed by atoms with Gasteiger partial charge in [-0.15, -0.1) is 0 Å². The predicted molar refractivity (Wildman–Crippen MR) is 65.0 cm³/mol. The third kappa shape index (κ3) is 5.68. The minimum Gasteiger partial charge on any atom is -0.381 e. The molecule has 1 fully saturated rings. The fourth-order valence-electron chi connectivity index (χ4n) is 2.28. The Kier molecular flexibility index (Phi) is 6.62. The summed E-state index contributed by atoms with van der Waals surface area (Å²) < 4.78 is 5.44. The maximum atomic E-state index is 9.00. The van der Waals surface area contributed by atoms with Gasteiger partial charge < -0.3 is 9.64 Å². The molecule has 1 rings (SSSR count). The van der Waals surface area contributed by atoms with Crippen molar-refractivity contribution in [1.29, 1.82) is 10.5 Å². The van der Waals surface area contributed by atoms with Gasteiger partial charge in [-0.25, -0.2) is 0 Å². The van der Waals surface area contributed by atoms with Crippen molar-refractivity contribution < 1.29 is 4.74 Å². The van der Waals surface area contributed by atoms with E-state index >= 15 is 0 Å². The minimum atomic E-state index is -0.0239. The Morgan fingerprint density at radius 3 is 2.88 bits per heavy atom. The van der Waals surface area contributed by atoms with E-state index in [2.05, 4.69) is 17.0 Å². The van der Waals surface area contributed by atoms with Gasteiger partial charge in [0.05, 0.1) is 24.7 Å². The van der Waals surface area contributed by atoms with Crippen LogP contribution in [0.5, 0.6) is 0 Å². The average molecular weight is 235 g/mol. The van der Waals surface area contributed by atoms with E-state index in [1.54, 1.807) is 0 Å². The van der Waals surface area contributed by atoms with Crippen LogP contribution in [-0.2, 0) is 4.74 Å². The molecule has 0 spiro atoms. The molecule has 94 valence electrons. The summed E-state index contributed by atoms with van der Waals surface area (Å²) in [4.78, 5) is 2.20. The van der Waals surface area contributed by atoms with Gasteiger partial charge >= 0.3 is 0 Å². The van der Waals surface area contributed by atoms with Crippen molar-refractivity contribution in [2.24, 2.45) is 11.8 Å². The van der Waals surface area contributed by atoms with Crippen LogP contribution in [0.3, 0.4) is 0 Å². The Labute approximate surface area is 104 Å². The second-order valence-electron chi connectivity index (χ2n) is 4.83. The van der Waals surface area contributed by atoms with Crippen LogP contribution in [0.25, 0.3) is 0 Å². The summed E-state index contributed by atoms with van der Waals surface area (Å²) in [5, 5.41) is 17.5. The zero-order chi connectivity index (χ0) is 12.5. The highest BCUT2D eigenvalue weighted by molar-refractivity contribution is 4.87. The van der Waals surface area contributed by atoms with E-state index in [4.69, 9.17) is 15.3 Å². The number of hydrogen-bond donors (Lipinski definition) is 0. The summed E-state index contributed by atoms with van der Waals surface area (Å²) in [6, 6.07) is 4.38. The van der Waals surface area contributed by atoms with Crippen LogP contribution >= 0.6 is 0 Å². The molecule has 4 nitrogen and oxygen atoms in total. The smallest absolute Gasteiger partial charge is 0.0669 e. The van der Waals surface area contributed by atoms with Gasteiger partial charge in [0.25, 0.3) is 0 Å². The molecule has 0 radical (unpaired) electrons. The molecule has 1 heterocycles.